The van der Waals surface area contributed by atoms with E-state index in [4.69, 9.17) is 44.1 Å². The Labute approximate surface area is 234 Å². The maximum Gasteiger partial charge on any atom is 0.229 e. The van der Waals surface area contributed by atoms with Gasteiger partial charge in [0.05, 0.1) is 24.3 Å². The first kappa shape index (κ1) is 26.0. The number of rotatable bonds is 8. The molecule has 3 heterocycles. The average molecular weight is 558 g/mol. The van der Waals surface area contributed by atoms with E-state index in [0.717, 1.165) is 0 Å². The molecular formula is C29H21Cl2N5O3. The molecule has 0 amide bonds. The number of ether oxygens (including phenoxy) is 2. The maximum atomic E-state index is 12.1. The molecule has 0 aliphatic heterocycles. The van der Waals surface area contributed by atoms with Crippen LogP contribution in [0.5, 0.6) is 11.5 Å². The number of allylic oxidation sites excluding steroid dienone is 1. The Bertz CT molecular complexity index is 1800. The Morgan fingerprint density at radius 3 is 2.54 bits per heavy atom. The standard InChI is InChI=1S/C29H21Cl2N5O3/c1-5-16-7-8-21(17(11-16)12-19(37)6-2)34-29-33-15-18-13-20(28-32-9-10-36(28)27(18)35-29)24-25(30)22(38-3)14-23(39-4)26(24)31/h1,6-11,13-15H,2,12H2,3-4H3,(H,33,34,35). The molecule has 0 saturated heterocycles. The van der Waals surface area contributed by atoms with E-state index in [2.05, 4.69) is 27.8 Å². The number of benzene rings is 2. The normalized spacial score (nSPS) is 10.8. The monoisotopic (exact) mass is 557 g/mol. The fourth-order valence-electron chi connectivity index (χ4n) is 4.27. The lowest BCUT2D eigenvalue weighted by atomic mass is 10.0. The van der Waals surface area contributed by atoms with Gasteiger partial charge >= 0.3 is 0 Å². The van der Waals surface area contributed by atoms with Crippen LogP contribution in [0.3, 0.4) is 0 Å². The van der Waals surface area contributed by atoms with E-state index in [9.17, 15) is 4.79 Å². The molecule has 0 bridgehead atoms. The fraction of sp³-hybridized carbons (Fsp3) is 0.103. The molecule has 0 aliphatic carbocycles. The van der Waals surface area contributed by atoms with Crippen LogP contribution in [-0.4, -0.2) is 39.4 Å². The first-order chi connectivity index (χ1) is 18.9. The summed E-state index contributed by atoms with van der Waals surface area (Å²) in [4.78, 5) is 25.9. The van der Waals surface area contributed by atoms with E-state index in [0.29, 0.717) is 72.1 Å². The lowest BCUT2D eigenvalue weighted by molar-refractivity contribution is -0.114. The number of nitrogens with one attached hydrogen (secondary N) is 1. The summed E-state index contributed by atoms with van der Waals surface area (Å²) in [6.45, 7) is 3.56. The predicted octanol–water partition coefficient (Wildman–Crippen LogP) is 6.29. The Hall–Kier alpha value is -4.58. The molecular weight excluding hydrogens is 537 g/mol. The maximum absolute atomic E-state index is 12.1. The number of hydrogen-bond donors (Lipinski definition) is 1. The third-order valence-corrected chi connectivity index (χ3v) is 6.91. The third-order valence-electron chi connectivity index (χ3n) is 6.16. The number of pyridine rings is 1. The van der Waals surface area contributed by atoms with E-state index in [-0.39, 0.29) is 12.2 Å². The quantitative estimate of drug-likeness (QED) is 0.177. The summed E-state index contributed by atoms with van der Waals surface area (Å²) < 4.78 is 12.7. The van der Waals surface area contributed by atoms with E-state index in [1.807, 2.05) is 10.5 Å². The molecule has 1 N–H and O–H groups in total. The molecule has 0 radical (unpaired) electrons. The minimum absolute atomic E-state index is 0.134. The number of terminal acetylenes is 1. The van der Waals surface area contributed by atoms with Crippen molar-refractivity contribution in [3.8, 4) is 35.0 Å². The zero-order chi connectivity index (χ0) is 27.7. The van der Waals surface area contributed by atoms with Crippen LogP contribution < -0.4 is 14.8 Å². The highest BCUT2D eigenvalue weighted by Gasteiger charge is 2.22. The van der Waals surface area contributed by atoms with Gasteiger partial charge in [0.25, 0.3) is 0 Å². The van der Waals surface area contributed by atoms with Crippen LogP contribution in [-0.2, 0) is 11.2 Å². The molecule has 0 aliphatic rings. The second kappa shape index (κ2) is 10.7. The Balaban J connectivity index is 1.64. The molecule has 2 aromatic carbocycles. The highest BCUT2D eigenvalue weighted by molar-refractivity contribution is 6.41. The van der Waals surface area contributed by atoms with Crippen molar-refractivity contribution in [3.05, 3.63) is 82.7 Å². The number of nitrogens with zero attached hydrogens (tertiary/aromatic N) is 4. The van der Waals surface area contributed by atoms with Crippen LogP contribution in [0.1, 0.15) is 11.1 Å². The van der Waals surface area contributed by atoms with Crippen molar-refractivity contribution < 1.29 is 14.3 Å². The van der Waals surface area contributed by atoms with Crippen LogP contribution in [0.2, 0.25) is 10.0 Å². The number of imidazole rings is 1. The van der Waals surface area contributed by atoms with Gasteiger partial charge in [0.2, 0.25) is 5.95 Å². The van der Waals surface area contributed by atoms with Crippen molar-refractivity contribution in [2.75, 3.05) is 19.5 Å². The molecule has 8 nitrogen and oxygen atoms in total. The second-order valence-electron chi connectivity index (χ2n) is 8.42. The van der Waals surface area contributed by atoms with Crippen LogP contribution in [0.15, 0.2) is 61.6 Å². The van der Waals surface area contributed by atoms with E-state index >= 15 is 0 Å². The van der Waals surface area contributed by atoms with E-state index in [1.165, 1.54) is 20.3 Å². The van der Waals surface area contributed by atoms with Gasteiger partial charge in [-0.15, -0.1) is 6.42 Å². The van der Waals surface area contributed by atoms with Crippen LogP contribution >= 0.6 is 23.2 Å². The molecule has 0 atom stereocenters. The van der Waals surface area contributed by atoms with Gasteiger partial charge in [-0.25, -0.2) is 9.97 Å². The number of methoxy groups -OCH3 is 2. The summed E-state index contributed by atoms with van der Waals surface area (Å²) in [5.74, 6) is 3.61. The smallest absolute Gasteiger partial charge is 0.229 e. The lowest BCUT2D eigenvalue weighted by Crippen LogP contribution is -2.06. The second-order valence-corrected chi connectivity index (χ2v) is 9.18. The van der Waals surface area contributed by atoms with E-state index < -0.39 is 0 Å². The first-order valence-electron chi connectivity index (χ1n) is 11.6. The summed E-state index contributed by atoms with van der Waals surface area (Å²) >= 11 is 13.4. The molecule has 3 aromatic heterocycles. The molecule has 5 aromatic rings. The molecule has 0 fully saturated rings. The summed E-state index contributed by atoms with van der Waals surface area (Å²) in [6, 6.07) is 8.85. The number of ketones is 1. The molecule has 0 saturated carbocycles. The van der Waals surface area contributed by atoms with Crippen molar-refractivity contribution in [3.63, 3.8) is 0 Å². The van der Waals surface area contributed by atoms with Gasteiger partial charge < -0.3 is 14.8 Å². The number of carbonyl (C=O) groups excluding carboxylic acids is 1. The van der Waals surface area contributed by atoms with Crippen molar-refractivity contribution in [2.24, 2.45) is 0 Å². The number of aromatic nitrogens is 4. The van der Waals surface area contributed by atoms with Crippen molar-refractivity contribution in [2.45, 2.75) is 6.42 Å². The summed E-state index contributed by atoms with van der Waals surface area (Å²) in [7, 11) is 3.04. The fourth-order valence-corrected chi connectivity index (χ4v) is 4.97. The number of halogens is 2. The summed E-state index contributed by atoms with van der Waals surface area (Å²) in [6.07, 6.45) is 12.1. The molecule has 194 valence electrons. The van der Waals surface area contributed by atoms with Crippen LogP contribution in [0, 0.1) is 12.3 Å². The minimum Gasteiger partial charge on any atom is -0.495 e. The van der Waals surface area contributed by atoms with Gasteiger partial charge in [0.1, 0.15) is 17.1 Å². The number of carbonyl (C=O) groups is 1. The van der Waals surface area contributed by atoms with Gasteiger partial charge in [-0.3, -0.25) is 9.20 Å². The van der Waals surface area contributed by atoms with Gasteiger partial charge in [0, 0.05) is 58.8 Å². The zero-order valence-electron chi connectivity index (χ0n) is 21.0. The number of fused-ring (bicyclic) bond motifs is 3. The molecule has 5 rings (SSSR count). The molecule has 10 heteroatoms. The Morgan fingerprint density at radius 2 is 1.87 bits per heavy atom. The molecule has 39 heavy (non-hydrogen) atoms. The largest absolute Gasteiger partial charge is 0.495 e. The predicted molar refractivity (Wildman–Crippen MR) is 153 cm³/mol. The molecule has 0 unspecified atom stereocenters. The third kappa shape index (κ3) is 4.74. The topological polar surface area (TPSA) is 90.6 Å². The van der Waals surface area contributed by atoms with Gasteiger partial charge in [-0.05, 0) is 35.9 Å². The van der Waals surface area contributed by atoms with Crippen LogP contribution in [0.25, 0.3) is 27.8 Å². The lowest BCUT2D eigenvalue weighted by Gasteiger charge is -2.16. The van der Waals surface area contributed by atoms with Crippen LogP contribution in [0.4, 0.5) is 11.6 Å². The van der Waals surface area contributed by atoms with Gasteiger partial charge in [0.15, 0.2) is 11.4 Å². The zero-order valence-corrected chi connectivity index (χ0v) is 22.5. The van der Waals surface area contributed by atoms with Gasteiger partial charge in [-0.1, -0.05) is 35.7 Å². The Kier molecular flexibility index (Phi) is 7.11. The molecule has 0 spiro atoms. The summed E-state index contributed by atoms with van der Waals surface area (Å²) in [5.41, 5.74) is 4.35. The van der Waals surface area contributed by atoms with Crippen molar-refractivity contribution in [1.29, 1.82) is 0 Å². The summed E-state index contributed by atoms with van der Waals surface area (Å²) in [5, 5.41) is 4.56. The van der Waals surface area contributed by atoms with Crippen molar-refractivity contribution in [1.82, 2.24) is 19.4 Å². The highest BCUT2D eigenvalue weighted by atomic mass is 35.5. The van der Waals surface area contributed by atoms with Crippen molar-refractivity contribution >= 4 is 57.3 Å². The average Bonchev–Trinajstić information content (AvgIpc) is 3.45. The van der Waals surface area contributed by atoms with Gasteiger partial charge in [-0.2, -0.15) is 4.98 Å². The minimum atomic E-state index is -0.134. The highest BCUT2D eigenvalue weighted by Crippen LogP contribution is 2.47. The number of hydrogen-bond acceptors (Lipinski definition) is 7. The van der Waals surface area contributed by atoms with E-state index in [1.54, 1.807) is 42.9 Å². The first-order valence-corrected chi connectivity index (χ1v) is 12.4. The Morgan fingerprint density at radius 1 is 1.13 bits per heavy atom. The number of anilines is 2. The SMILES string of the molecule is C#Cc1ccc(Nc2ncc3cc(-c4c(Cl)c(OC)cc(OC)c4Cl)c4nccn4c3n2)c(CC(=O)C=C)c1.